The van der Waals surface area contributed by atoms with Gasteiger partial charge in [-0.1, -0.05) is 39.1 Å². The van der Waals surface area contributed by atoms with E-state index in [1.54, 1.807) is 0 Å². The van der Waals surface area contributed by atoms with Crippen molar-refractivity contribution in [1.82, 2.24) is 0 Å². The van der Waals surface area contributed by atoms with E-state index >= 15 is 0 Å². The van der Waals surface area contributed by atoms with Gasteiger partial charge in [0, 0.05) is 20.7 Å². The van der Waals surface area contributed by atoms with Crippen LogP contribution in [0.25, 0.3) is 0 Å². The number of hydrogen-bond donors (Lipinski definition) is 1. The molecule has 0 aliphatic heterocycles. The molecule has 0 unspecified atom stereocenters. The van der Waals surface area contributed by atoms with Gasteiger partial charge in [0.1, 0.15) is 0 Å². The van der Waals surface area contributed by atoms with Crippen LogP contribution in [0.15, 0.2) is 39.3 Å². The summed E-state index contributed by atoms with van der Waals surface area (Å²) in [5, 5.41) is 3.70. The molecule has 1 aromatic rings. The second-order valence-corrected chi connectivity index (χ2v) is 4.04. The van der Waals surface area contributed by atoms with Gasteiger partial charge in [-0.15, -0.1) is 0 Å². The average molecular weight is 281 g/mol. The summed E-state index contributed by atoms with van der Waals surface area (Å²) in [5.41, 5.74) is 2.37. The van der Waals surface area contributed by atoms with E-state index in [0.717, 1.165) is 10.2 Å². The van der Waals surface area contributed by atoms with Crippen LogP contribution in [0, 0.1) is 0 Å². The van der Waals surface area contributed by atoms with Gasteiger partial charge in [0.15, 0.2) is 0 Å². The van der Waals surface area contributed by atoms with Gasteiger partial charge < -0.3 is 5.32 Å². The highest BCUT2D eigenvalue weighted by Crippen LogP contribution is 2.14. The third-order valence-electron chi connectivity index (χ3n) is 1.42. The fourth-order valence-electron chi connectivity index (χ4n) is 0.793. The molecule has 0 radical (unpaired) electrons. The molecule has 0 aliphatic carbocycles. The number of rotatable bonds is 3. The predicted octanol–water partition coefficient (Wildman–Crippen LogP) is 4.18. The first-order valence-corrected chi connectivity index (χ1v) is 5.27. The van der Waals surface area contributed by atoms with Crippen molar-refractivity contribution in [3.63, 3.8) is 0 Å². The zero-order valence-electron chi connectivity index (χ0n) is 6.73. The Balaban J connectivity index is 2.51. The summed E-state index contributed by atoms with van der Waals surface area (Å²) in [7, 11) is 0. The Morgan fingerprint density at radius 3 is 2.54 bits per heavy atom. The van der Waals surface area contributed by atoms with Crippen molar-refractivity contribution in [2.75, 3.05) is 11.9 Å². The fourth-order valence-corrected chi connectivity index (χ4v) is 1.20. The summed E-state index contributed by atoms with van der Waals surface area (Å²) in [6.45, 7) is 0.548. The van der Waals surface area contributed by atoms with Crippen LogP contribution >= 0.6 is 39.1 Å². The Kier molecular flexibility index (Phi) is 4.64. The van der Waals surface area contributed by atoms with Gasteiger partial charge in [0.05, 0.1) is 6.54 Å². The van der Waals surface area contributed by atoms with Crippen molar-refractivity contribution in [2.24, 2.45) is 0 Å². The Morgan fingerprint density at radius 1 is 1.38 bits per heavy atom. The quantitative estimate of drug-likeness (QED) is 0.876. The summed E-state index contributed by atoms with van der Waals surface area (Å²) in [6.07, 6.45) is 0. The molecule has 0 saturated carbocycles. The Labute approximate surface area is 95.9 Å². The van der Waals surface area contributed by atoms with Crippen LogP contribution in [0.1, 0.15) is 0 Å². The van der Waals surface area contributed by atoms with Gasteiger partial charge in [-0.25, -0.2) is 0 Å². The van der Waals surface area contributed by atoms with E-state index in [4.69, 9.17) is 23.2 Å². The number of nitrogens with one attached hydrogen (secondary N) is 1. The highest BCUT2D eigenvalue weighted by molar-refractivity contribution is 9.10. The molecule has 0 amide bonds. The Bertz CT molecular complexity index is 295. The van der Waals surface area contributed by atoms with Crippen LogP contribution in [-0.2, 0) is 0 Å². The van der Waals surface area contributed by atoms with E-state index in [0.29, 0.717) is 11.6 Å². The van der Waals surface area contributed by atoms with Gasteiger partial charge in [-0.05, 0) is 24.3 Å². The summed E-state index contributed by atoms with van der Waals surface area (Å²) >= 11 is 14.5. The van der Waals surface area contributed by atoms with E-state index < -0.39 is 0 Å². The van der Waals surface area contributed by atoms with Crippen molar-refractivity contribution < 1.29 is 0 Å². The highest BCUT2D eigenvalue weighted by Gasteiger charge is 1.93. The molecule has 1 N–H and O–H groups in total. The van der Waals surface area contributed by atoms with Gasteiger partial charge >= 0.3 is 0 Å². The van der Waals surface area contributed by atoms with Crippen molar-refractivity contribution in [3.05, 3.63) is 39.3 Å². The number of anilines is 1. The third kappa shape index (κ3) is 4.03. The molecular weight excluding hydrogens is 273 g/mol. The van der Waals surface area contributed by atoms with Crippen LogP contribution in [-0.4, -0.2) is 6.54 Å². The van der Waals surface area contributed by atoms with Gasteiger partial charge in [-0.3, -0.25) is 0 Å². The fraction of sp³-hybridized carbons (Fsp3) is 0.111. The van der Waals surface area contributed by atoms with Crippen LogP contribution < -0.4 is 5.32 Å². The third-order valence-corrected chi connectivity index (χ3v) is 2.57. The lowest BCUT2D eigenvalue weighted by molar-refractivity contribution is 1.31. The molecule has 4 heteroatoms. The maximum atomic E-state index is 5.70. The minimum atomic E-state index is 0.548. The topological polar surface area (TPSA) is 12.0 Å². The van der Waals surface area contributed by atoms with Crippen molar-refractivity contribution in [1.29, 1.82) is 0 Å². The molecule has 0 atom stereocenters. The molecule has 0 saturated heterocycles. The second-order valence-electron chi connectivity index (χ2n) is 2.42. The SMILES string of the molecule is Cl/C=C(/Cl)CNc1ccc(Br)cc1. The lowest BCUT2D eigenvalue weighted by Crippen LogP contribution is -2.00. The van der Waals surface area contributed by atoms with E-state index in [2.05, 4.69) is 21.2 Å². The zero-order chi connectivity index (χ0) is 9.68. The first-order chi connectivity index (χ1) is 6.22. The summed E-state index contributed by atoms with van der Waals surface area (Å²) < 4.78 is 1.05. The zero-order valence-corrected chi connectivity index (χ0v) is 9.83. The molecule has 0 aliphatic rings. The van der Waals surface area contributed by atoms with Crippen molar-refractivity contribution in [2.45, 2.75) is 0 Å². The van der Waals surface area contributed by atoms with Crippen molar-refractivity contribution in [3.8, 4) is 0 Å². The lowest BCUT2D eigenvalue weighted by Gasteiger charge is -2.04. The summed E-state index contributed by atoms with van der Waals surface area (Å²) in [5.74, 6) is 0. The van der Waals surface area contributed by atoms with E-state index in [1.807, 2.05) is 24.3 Å². The maximum absolute atomic E-state index is 5.70. The number of hydrogen-bond acceptors (Lipinski definition) is 1. The summed E-state index contributed by atoms with van der Waals surface area (Å²) in [6, 6.07) is 7.84. The molecular formula is C9H8BrCl2N. The monoisotopic (exact) mass is 279 g/mol. The molecule has 0 fully saturated rings. The van der Waals surface area contributed by atoms with Crippen LogP contribution in [0.2, 0.25) is 0 Å². The normalized spacial score (nSPS) is 11.5. The smallest absolute Gasteiger partial charge is 0.0516 e. The standard InChI is InChI=1S/C9H8BrCl2N/c10-7-1-3-9(4-2-7)13-6-8(12)5-11/h1-5,13H,6H2/b8-5+. The Hall–Kier alpha value is -0.180. The van der Waals surface area contributed by atoms with Gasteiger partial charge in [-0.2, -0.15) is 0 Å². The molecule has 1 nitrogen and oxygen atoms in total. The van der Waals surface area contributed by atoms with Crippen molar-refractivity contribution >= 4 is 44.8 Å². The van der Waals surface area contributed by atoms with Gasteiger partial charge in [0.2, 0.25) is 0 Å². The predicted molar refractivity (Wildman–Crippen MR) is 62.4 cm³/mol. The molecule has 0 bridgehead atoms. The molecule has 70 valence electrons. The molecule has 0 aromatic heterocycles. The summed E-state index contributed by atoms with van der Waals surface area (Å²) in [4.78, 5) is 0. The largest absolute Gasteiger partial charge is 0.380 e. The number of benzene rings is 1. The number of halogens is 3. The molecule has 13 heavy (non-hydrogen) atoms. The first kappa shape index (κ1) is 10.9. The average Bonchev–Trinajstić information content (AvgIpc) is 2.16. The molecule has 1 aromatic carbocycles. The van der Waals surface area contributed by atoms with Crippen LogP contribution in [0.5, 0.6) is 0 Å². The highest BCUT2D eigenvalue weighted by atomic mass is 79.9. The minimum absolute atomic E-state index is 0.548. The first-order valence-electron chi connectivity index (χ1n) is 3.66. The van der Waals surface area contributed by atoms with E-state index in [9.17, 15) is 0 Å². The van der Waals surface area contributed by atoms with E-state index in [1.165, 1.54) is 5.54 Å². The lowest BCUT2D eigenvalue weighted by atomic mass is 10.3. The van der Waals surface area contributed by atoms with Crippen LogP contribution in [0.3, 0.4) is 0 Å². The van der Waals surface area contributed by atoms with Crippen LogP contribution in [0.4, 0.5) is 5.69 Å². The van der Waals surface area contributed by atoms with Gasteiger partial charge in [0.25, 0.3) is 0 Å². The molecule has 1 rings (SSSR count). The maximum Gasteiger partial charge on any atom is 0.0516 e. The Morgan fingerprint density at radius 2 is 2.00 bits per heavy atom. The minimum Gasteiger partial charge on any atom is -0.380 e. The molecule has 0 spiro atoms. The second kappa shape index (κ2) is 5.53. The molecule has 0 heterocycles. The van der Waals surface area contributed by atoms with E-state index in [-0.39, 0.29) is 0 Å².